The van der Waals surface area contributed by atoms with Crippen LogP contribution in [-0.2, 0) is 47.8 Å². The molecule has 434 valence electrons. The van der Waals surface area contributed by atoms with Crippen molar-refractivity contribution < 1.29 is 29.7 Å². The summed E-state index contributed by atoms with van der Waals surface area (Å²) in [5.41, 5.74) is 2.95. The fourth-order valence-electron chi connectivity index (χ4n) is 11.6. The topological polar surface area (TPSA) is 240 Å². The minimum absolute atomic E-state index is 0.0130. The zero-order chi connectivity index (χ0) is 58.4. The Labute approximate surface area is 472 Å². The monoisotopic (exact) mass is 1100 g/mol. The van der Waals surface area contributed by atoms with Gasteiger partial charge in [-0.05, 0) is 204 Å². The van der Waals surface area contributed by atoms with Crippen molar-refractivity contribution in [2.45, 2.75) is 240 Å². The summed E-state index contributed by atoms with van der Waals surface area (Å²) in [6.07, 6.45) is 15.8. The van der Waals surface area contributed by atoms with Crippen LogP contribution in [0.1, 0.15) is 224 Å². The zero-order valence-corrected chi connectivity index (χ0v) is 50.4. The van der Waals surface area contributed by atoms with Crippen LogP contribution < -0.4 is 16.0 Å². The number of imidazole rings is 3. The van der Waals surface area contributed by atoms with Crippen molar-refractivity contribution in [1.82, 2.24) is 43.6 Å². The molecule has 6 heterocycles. The molecule has 0 radical (unpaired) electrons. The number of pyridine rings is 3. The molecule has 0 spiro atoms. The average molecular weight is 1100 g/mol. The van der Waals surface area contributed by atoms with E-state index in [2.05, 4.69) is 81.2 Å². The molecule has 0 bridgehead atoms. The molecule has 0 saturated heterocycles. The fourth-order valence-corrected chi connectivity index (χ4v) is 11.6. The van der Waals surface area contributed by atoms with Crippen molar-refractivity contribution in [3.63, 3.8) is 0 Å². The summed E-state index contributed by atoms with van der Waals surface area (Å²) in [7, 11) is 0. The SMILES string of the molecule is CC(C)(C)CC(=O)Nc1nc2ccc(C(C)(C)O)nc2n1C1(C)CCC1.CC(C)(O)c1ccc2nc(NC(=O)CC(C)(C)C3CC3)n(C3(C)CCC3)c2n1.CC1(CC(=O)Nc2nc3ccc(C(C)(C)O)nc3n2C2(C)CCC2)CC1. The van der Waals surface area contributed by atoms with Crippen LogP contribution in [0.2, 0.25) is 0 Å². The smallest absolute Gasteiger partial charge is 0.227 e. The molecule has 6 aromatic rings. The van der Waals surface area contributed by atoms with Crippen LogP contribution in [0.3, 0.4) is 0 Å². The minimum atomic E-state index is -1.03. The predicted octanol–water partition coefficient (Wildman–Crippen LogP) is 11.9. The second-order valence-corrected chi connectivity index (χ2v) is 29.0. The van der Waals surface area contributed by atoms with Crippen molar-refractivity contribution in [3.8, 4) is 0 Å². The molecule has 0 aromatic carbocycles. The van der Waals surface area contributed by atoms with Crippen molar-refractivity contribution >= 4 is 69.1 Å². The van der Waals surface area contributed by atoms with E-state index < -0.39 is 16.8 Å². The first-order valence-corrected chi connectivity index (χ1v) is 29.3. The van der Waals surface area contributed by atoms with Crippen molar-refractivity contribution in [1.29, 1.82) is 0 Å². The van der Waals surface area contributed by atoms with E-state index in [1.165, 1.54) is 12.8 Å². The molecule has 0 atom stereocenters. The fraction of sp³-hybridized carbons (Fsp3) is 0.661. The molecule has 18 nitrogen and oxygen atoms in total. The summed E-state index contributed by atoms with van der Waals surface area (Å²) in [6, 6.07) is 11.0. The van der Waals surface area contributed by atoms with E-state index in [0.29, 0.717) is 60.1 Å². The van der Waals surface area contributed by atoms with Crippen LogP contribution in [-0.4, -0.2) is 76.6 Å². The van der Waals surface area contributed by atoms with Crippen LogP contribution in [0.5, 0.6) is 0 Å². The lowest BCUT2D eigenvalue weighted by Gasteiger charge is -2.40. The Kier molecular flexibility index (Phi) is 15.1. The summed E-state index contributed by atoms with van der Waals surface area (Å²) >= 11 is 0. The molecule has 18 heteroatoms. The second kappa shape index (κ2) is 20.5. The van der Waals surface area contributed by atoms with Gasteiger partial charge in [0.2, 0.25) is 35.6 Å². The van der Waals surface area contributed by atoms with Gasteiger partial charge < -0.3 is 15.3 Å². The number of aliphatic hydroxyl groups is 3. The number of aromatic nitrogens is 9. The van der Waals surface area contributed by atoms with Gasteiger partial charge in [0, 0.05) is 35.9 Å². The number of amides is 3. The van der Waals surface area contributed by atoms with Crippen molar-refractivity contribution in [2.75, 3.05) is 16.0 Å². The Morgan fingerprint density at radius 2 is 0.787 bits per heavy atom. The molecule has 0 unspecified atom stereocenters. The number of hydrogen-bond acceptors (Lipinski definition) is 12. The lowest BCUT2D eigenvalue weighted by molar-refractivity contribution is -0.119. The van der Waals surface area contributed by atoms with Gasteiger partial charge in [0.1, 0.15) is 33.4 Å². The van der Waals surface area contributed by atoms with Crippen molar-refractivity contribution in [2.24, 2.45) is 22.2 Å². The summed E-state index contributed by atoms with van der Waals surface area (Å²) in [6.45, 7) is 29.6. The third-order valence-corrected chi connectivity index (χ3v) is 17.7. The average Bonchev–Trinajstić information content (AvgIpc) is 4.24. The van der Waals surface area contributed by atoms with Crippen LogP contribution in [0.15, 0.2) is 36.4 Å². The molecular weight excluding hydrogens is 1010 g/mol. The van der Waals surface area contributed by atoms with E-state index in [1.807, 2.05) is 45.0 Å². The van der Waals surface area contributed by atoms with Gasteiger partial charge in [-0.15, -0.1) is 0 Å². The first-order valence-electron chi connectivity index (χ1n) is 29.3. The maximum Gasteiger partial charge on any atom is 0.227 e. The molecule has 5 aliphatic carbocycles. The summed E-state index contributed by atoms with van der Waals surface area (Å²) in [5, 5.41) is 40.2. The number of nitrogens with zero attached hydrogens (tertiary/aromatic N) is 9. The number of anilines is 3. The van der Waals surface area contributed by atoms with E-state index in [4.69, 9.17) is 19.9 Å². The number of nitrogens with one attached hydrogen (secondary N) is 3. The van der Waals surface area contributed by atoms with Gasteiger partial charge in [-0.2, -0.15) is 0 Å². The van der Waals surface area contributed by atoms with Gasteiger partial charge in [-0.25, -0.2) is 29.9 Å². The van der Waals surface area contributed by atoms with Crippen LogP contribution >= 0.6 is 0 Å². The lowest BCUT2D eigenvalue weighted by atomic mass is 9.78. The zero-order valence-electron chi connectivity index (χ0n) is 50.4. The first-order chi connectivity index (χ1) is 37.0. The highest BCUT2D eigenvalue weighted by molar-refractivity contribution is 5.93. The summed E-state index contributed by atoms with van der Waals surface area (Å²) < 4.78 is 6.22. The van der Waals surface area contributed by atoms with Crippen LogP contribution in [0, 0.1) is 22.2 Å². The Morgan fingerprint density at radius 3 is 1.05 bits per heavy atom. The number of hydrogen-bond donors (Lipinski definition) is 6. The van der Waals surface area contributed by atoms with E-state index in [1.54, 1.807) is 53.7 Å². The predicted molar refractivity (Wildman–Crippen MR) is 314 cm³/mol. The molecule has 6 aromatic heterocycles. The molecule has 11 rings (SSSR count). The van der Waals surface area contributed by atoms with E-state index in [0.717, 1.165) is 104 Å². The van der Waals surface area contributed by atoms with Gasteiger partial charge in [-0.1, -0.05) is 41.5 Å². The molecule has 0 aliphatic heterocycles. The highest BCUT2D eigenvalue weighted by Crippen LogP contribution is 2.50. The number of fused-ring (bicyclic) bond motifs is 3. The third-order valence-electron chi connectivity index (χ3n) is 17.7. The van der Waals surface area contributed by atoms with E-state index >= 15 is 0 Å². The molecule has 3 amide bonds. The Hall–Kier alpha value is -5.85. The second-order valence-electron chi connectivity index (χ2n) is 29.0. The van der Waals surface area contributed by atoms with Crippen molar-refractivity contribution in [3.05, 3.63) is 53.5 Å². The molecule has 5 saturated carbocycles. The molecule has 5 fully saturated rings. The summed E-state index contributed by atoms with van der Waals surface area (Å²) in [5.74, 6) is 2.35. The van der Waals surface area contributed by atoms with Crippen LogP contribution in [0.4, 0.5) is 17.8 Å². The van der Waals surface area contributed by atoms with Gasteiger partial charge in [0.05, 0.1) is 17.1 Å². The van der Waals surface area contributed by atoms with E-state index in [9.17, 15) is 29.7 Å². The molecule has 80 heavy (non-hydrogen) atoms. The first kappa shape index (κ1) is 58.8. The van der Waals surface area contributed by atoms with Gasteiger partial charge >= 0.3 is 0 Å². The minimum Gasteiger partial charge on any atom is -0.384 e. The maximum atomic E-state index is 12.8. The third kappa shape index (κ3) is 12.6. The highest BCUT2D eigenvalue weighted by Gasteiger charge is 2.44. The Balaban J connectivity index is 0.000000145. The largest absolute Gasteiger partial charge is 0.384 e. The highest BCUT2D eigenvalue weighted by atomic mass is 16.3. The normalized spacial score (nSPS) is 19.1. The van der Waals surface area contributed by atoms with Gasteiger partial charge in [-0.3, -0.25) is 44.0 Å². The Bertz CT molecular complexity index is 3180. The Morgan fingerprint density at radius 1 is 0.475 bits per heavy atom. The lowest BCUT2D eigenvalue weighted by Crippen LogP contribution is -2.39. The molecular formula is C62H90N12O6. The summed E-state index contributed by atoms with van der Waals surface area (Å²) in [4.78, 5) is 66.0. The van der Waals surface area contributed by atoms with Crippen LogP contribution in [0.25, 0.3) is 33.5 Å². The molecule has 6 N–H and O–H groups in total. The number of rotatable bonds is 15. The standard InChI is InChI=1S/C22H32N4O2.C20H28N4O2.C20H30N4O2/c1-20(2,14-7-8-14)13-17(27)25-19-23-15-9-10-16(21(3,4)28)24-18(15)26(19)22(5)11-6-12-22;1-18(2,26)14-7-6-13-16(22-14)24(20(4)8-5-9-20)17(21-13)23-15(25)12-19(3)10-11-19;1-18(2,3)12-15(25)23-17-21-13-8-9-14(19(4,5)26)22-16(13)24(17)20(6)10-7-11-20/h9-10,14,28H,6-8,11-13H2,1-5H3,(H,23,25,27);6-7,26H,5,8-12H2,1-4H3,(H,21,23,25);8-9,26H,7,10-12H2,1-6H3,(H,21,23,25). The number of carbonyl (C=O) groups excluding carboxylic acids is 3. The van der Waals surface area contributed by atoms with Gasteiger partial charge in [0.15, 0.2) is 16.9 Å². The number of carbonyl (C=O) groups is 3. The van der Waals surface area contributed by atoms with E-state index in [-0.39, 0.29) is 50.6 Å². The van der Waals surface area contributed by atoms with Gasteiger partial charge in [0.25, 0.3) is 0 Å². The maximum absolute atomic E-state index is 12.8. The molecule has 5 aliphatic rings. The quantitative estimate of drug-likeness (QED) is 0.0563.